The maximum Gasteiger partial charge on any atom is 0.124 e. The minimum absolute atomic E-state index is 0.129. The van der Waals surface area contributed by atoms with E-state index < -0.39 is 6.10 Å². The van der Waals surface area contributed by atoms with Crippen molar-refractivity contribution in [1.29, 1.82) is 0 Å². The minimum Gasteiger partial charge on any atom is -0.491 e. The zero-order chi connectivity index (χ0) is 15.2. The van der Waals surface area contributed by atoms with Crippen LogP contribution in [0.1, 0.15) is 25.5 Å². The number of aliphatic hydroxyl groups is 1. The first-order valence-electron chi connectivity index (χ1n) is 6.87. The number of benzene rings is 2. The summed E-state index contributed by atoms with van der Waals surface area (Å²) in [6.07, 6.45) is -0.462. The molecule has 0 spiro atoms. The van der Waals surface area contributed by atoms with Crippen LogP contribution < -0.4 is 4.74 Å². The highest BCUT2D eigenvalue weighted by molar-refractivity contribution is 7.99. The monoisotopic (exact) mass is 306 g/mol. The van der Waals surface area contributed by atoms with E-state index in [2.05, 4.69) is 0 Å². The van der Waals surface area contributed by atoms with E-state index in [0.29, 0.717) is 5.75 Å². The third kappa shape index (κ3) is 5.06. The van der Waals surface area contributed by atoms with Gasteiger partial charge in [-0.05, 0) is 49.7 Å². The highest BCUT2D eigenvalue weighted by atomic mass is 32.2. The Labute approximate surface area is 129 Å². The molecule has 21 heavy (non-hydrogen) atoms. The summed E-state index contributed by atoms with van der Waals surface area (Å²) >= 11 is 1.43. The minimum atomic E-state index is -0.591. The van der Waals surface area contributed by atoms with E-state index in [-0.39, 0.29) is 11.9 Å². The summed E-state index contributed by atoms with van der Waals surface area (Å²) < 4.78 is 18.6. The molecule has 0 saturated heterocycles. The molecule has 0 aromatic heterocycles. The fourth-order valence-corrected chi connectivity index (χ4v) is 2.78. The summed E-state index contributed by atoms with van der Waals surface area (Å²) in [5.41, 5.74) is 0.829. The van der Waals surface area contributed by atoms with E-state index >= 15 is 0 Å². The Kier molecular flexibility index (Phi) is 5.65. The lowest BCUT2D eigenvalue weighted by Gasteiger charge is -2.13. The molecule has 1 atom stereocenters. The normalized spacial score (nSPS) is 12.4. The smallest absolute Gasteiger partial charge is 0.124 e. The summed E-state index contributed by atoms with van der Waals surface area (Å²) in [6, 6.07) is 13.8. The van der Waals surface area contributed by atoms with Crippen molar-refractivity contribution in [3.05, 3.63) is 59.9 Å². The fraction of sp³-hybridized carbons (Fsp3) is 0.294. The second-order valence-corrected chi connectivity index (χ2v) is 6.11. The second kappa shape index (κ2) is 7.48. The zero-order valence-electron chi connectivity index (χ0n) is 12.1. The van der Waals surface area contributed by atoms with Gasteiger partial charge in [-0.15, -0.1) is 11.8 Å². The van der Waals surface area contributed by atoms with Gasteiger partial charge in [0.1, 0.15) is 11.6 Å². The van der Waals surface area contributed by atoms with Crippen LogP contribution in [0.3, 0.4) is 0 Å². The molecule has 0 aliphatic heterocycles. The Hall–Kier alpha value is -1.52. The number of thioether (sulfide) groups is 1. The van der Waals surface area contributed by atoms with E-state index in [1.165, 1.54) is 23.9 Å². The van der Waals surface area contributed by atoms with Crippen molar-refractivity contribution in [3.63, 3.8) is 0 Å². The molecular weight excluding hydrogens is 287 g/mol. The lowest BCUT2D eigenvalue weighted by atomic mass is 10.1. The Balaban J connectivity index is 1.92. The molecule has 0 aliphatic carbocycles. The molecule has 0 amide bonds. The molecule has 0 heterocycles. The molecular formula is C17H19FO2S. The van der Waals surface area contributed by atoms with Crippen LogP contribution >= 0.6 is 11.8 Å². The first kappa shape index (κ1) is 15.9. The molecule has 0 saturated carbocycles. The topological polar surface area (TPSA) is 29.5 Å². The van der Waals surface area contributed by atoms with Gasteiger partial charge in [0.15, 0.2) is 0 Å². The molecule has 0 fully saturated rings. The van der Waals surface area contributed by atoms with Gasteiger partial charge in [0.25, 0.3) is 0 Å². The molecule has 112 valence electrons. The maximum absolute atomic E-state index is 13.1. The van der Waals surface area contributed by atoms with Gasteiger partial charge in [-0.1, -0.05) is 18.2 Å². The first-order chi connectivity index (χ1) is 10.0. The van der Waals surface area contributed by atoms with Crippen molar-refractivity contribution in [2.75, 3.05) is 5.75 Å². The molecule has 2 aromatic carbocycles. The van der Waals surface area contributed by atoms with Crippen LogP contribution in [0.25, 0.3) is 0 Å². The number of aliphatic hydroxyl groups excluding tert-OH is 1. The van der Waals surface area contributed by atoms with Gasteiger partial charge in [0.2, 0.25) is 0 Å². The Morgan fingerprint density at radius 2 is 1.86 bits per heavy atom. The average molecular weight is 306 g/mol. The second-order valence-electron chi connectivity index (χ2n) is 5.02. The van der Waals surface area contributed by atoms with Gasteiger partial charge in [0.05, 0.1) is 12.2 Å². The van der Waals surface area contributed by atoms with Crippen LogP contribution in [0.2, 0.25) is 0 Å². The fourth-order valence-electron chi connectivity index (χ4n) is 1.87. The summed E-state index contributed by atoms with van der Waals surface area (Å²) in [4.78, 5) is 0.814. The Morgan fingerprint density at radius 3 is 2.48 bits per heavy atom. The number of hydrogen-bond acceptors (Lipinski definition) is 3. The number of rotatable bonds is 6. The SMILES string of the molecule is CC(C)Oc1ccc(C(O)CSc2cccc(F)c2)cc1. The first-order valence-corrected chi connectivity index (χ1v) is 7.86. The summed E-state index contributed by atoms with van der Waals surface area (Å²) in [6.45, 7) is 3.94. The predicted molar refractivity (Wildman–Crippen MR) is 84.3 cm³/mol. The van der Waals surface area contributed by atoms with Crippen LogP contribution in [-0.2, 0) is 0 Å². The van der Waals surface area contributed by atoms with Crippen LogP contribution in [0.15, 0.2) is 53.4 Å². The Morgan fingerprint density at radius 1 is 1.14 bits per heavy atom. The highest BCUT2D eigenvalue weighted by Crippen LogP contribution is 2.26. The highest BCUT2D eigenvalue weighted by Gasteiger charge is 2.09. The van der Waals surface area contributed by atoms with Crippen LogP contribution in [0, 0.1) is 5.82 Å². The number of ether oxygens (including phenoxy) is 1. The van der Waals surface area contributed by atoms with Crippen molar-refractivity contribution in [2.45, 2.75) is 31.0 Å². The summed E-state index contributed by atoms with van der Waals surface area (Å²) in [5, 5.41) is 10.2. The van der Waals surface area contributed by atoms with Crippen molar-refractivity contribution in [1.82, 2.24) is 0 Å². The van der Waals surface area contributed by atoms with E-state index in [4.69, 9.17) is 4.74 Å². The lowest BCUT2D eigenvalue weighted by molar-refractivity contribution is 0.203. The number of halogens is 1. The van der Waals surface area contributed by atoms with Gasteiger partial charge in [0, 0.05) is 10.6 Å². The molecule has 1 N–H and O–H groups in total. The van der Waals surface area contributed by atoms with Crippen LogP contribution in [0.5, 0.6) is 5.75 Å². The van der Waals surface area contributed by atoms with Gasteiger partial charge in [-0.2, -0.15) is 0 Å². The third-order valence-electron chi connectivity index (χ3n) is 2.84. The molecule has 2 rings (SSSR count). The molecule has 2 aromatic rings. The van der Waals surface area contributed by atoms with Crippen LogP contribution in [-0.4, -0.2) is 17.0 Å². The Bertz CT molecular complexity index is 569. The average Bonchev–Trinajstić information content (AvgIpc) is 2.45. The lowest BCUT2D eigenvalue weighted by Crippen LogP contribution is -2.06. The maximum atomic E-state index is 13.1. The van der Waals surface area contributed by atoms with E-state index in [1.54, 1.807) is 6.07 Å². The quantitative estimate of drug-likeness (QED) is 0.800. The molecule has 1 unspecified atom stereocenters. The predicted octanol–water partition coefficient (Wildman–Crippen LogP) is 4.44. The zero-order valence-corrected chi connectivity index (χ0v) is 12.9. The third-order valence-corrected chi connectivity index (χ3v) is 3.91. The molecule has 4 heteroatoms. The standard InChI is InChI=1S/C17H19FO2S/c1-12(2)20-15-8-6-13(7-9-15)17(19)11-21-16-5-3-4-14(18)10-16/h3-10,12,17,19H,11H2,1-2H3. The van der Waals surface area contributed by atoms with Crippen molar-refractivity contribution in [3.8, 4) is 5.75 Å². The van der Waals surface area contributed by atoms with E-state index in [9.17, 15) is 9.50 Å². The van der Waals surface area contributed by atoms with Gasteiger partial charge in [-0.3, -0.25) is 0 Å². The van der Waals surface area contributed by atoms with E-state index in [1.807, 2.05) is 44.2 Å². The van der Waals surface area contributed by atoms with Crippen LogP contribution in [0.4, 0.5) is 4.39 Å². The molecule has 0 radical (unpaired) electrons. The largest absolute Gasteiger partial charge is 0.491 e. The summed E-state index contributed by atoms with van der Waals surface area (Å²) in [7, 11) is 0. The number of hydrogen-bond donors (Lipinski definition) is 1. The van der Waals surface area contributed by atoms with E-state index in [0.717, 1.165) is 16.2 Å². The van der Waals surface area contributed by atoms with Crippen molar-refractivity contribution in [2.24, 2.45) is 0 Å². The molecule has 0 aliphatic rings. The van der Waals surface area contributed by atoms with Gasteiger partial charge < -0.3 is 9.84 Å². The molecule has 0 bridgehead atoms. The van der Waals surface area contributed by atoms with Crippen molar-refractivity contribution < 1.29 is 14.2 Å². The van der Waals surface area contributed by atoms with Gasteiger partial charge in [-0.25, -0.2) is 4.39 Å². The van der Waals surface area contributed by atoms with Crippen molar-refractivity contribution >= 4 is 11.8 Å². The molecule has 2 nitrogen and oxygen atoms in total. The van der Waals surface area contributed by atoms with Gasteiger partial charge >= 0.3 is 0 Å². The summed E-state index contributed by atoms with van der Waals surface area (Å²) in [5.74, 6) is 1.01.